The zero-order valence-corrected chi connectivity index (χ0v) is 16.9. The van der Waals surface area contributed by atoms with Crippen LogP contribution in [-0.2, 0) is 14.4 Å². The smallest absolute Gasteiger partial charge is 0.243 e. The van der Waals surface area contributed by atoms with Gasteiger partial charge in [-0.25, -0.2) is 4.39 Å². The van der Waals surface area contributed by atoms with Crippen LogP contribution in [0.15, 0.2) is 48.5 Å². The van der Waals surface area contributed by atoms with Crippen LogP contribution < -0.4 is 15.4 Å². The maximum absolute atomic E-state index is 13.5. The summed E-state index contributed by atoms with van der Waals surface area (Å²) in [6, 6.07) is 12.7. The summed E-state index contributed by atoms with van der Waals surface area (Å²) < 4.78 is 18.5. The fourth-order valence-corrected chi connectivity index (χ4v) is 3.02. The Morgan fingerprint density at radius 3 is 2.34 bits per heavy atom. The summed E-state index contributed by atoms with van der Waals surface area (Å²) in [4.78, 5) is 37.3. The van der Waals surface area contributed by atoms with E-state index in [1.807, 2.05) is 0 Å². The fourth-order valence-electron chi connectivity index (χ4n) is 2.27. The molecule has 0 bridgehead atoms. The van der Waals surface area contributed by atoms with E-state index in [2.05, 4.69) is 10.6 Å². The predicted octanol–water partition coefficient (Wildman–Crippen LogP) is 2.60. The first-order chi connectivity index (χ1) is 13.9. The molecule has 0 aliphatic carbocycles. The van der Waals surface area contributed by atoms with Gasteiger partial charge in [0.25, 0.3) is 0 Å². The predicted molar refractivity (Wildman–Crippen MR) is 112 cm³/mol. The lowest BCUT2D eigenvalue weighted by atomic mass is 10.3. The Bertz CT molecular complexity index is 861. The number of amides is 3. The number of hydrogen-bond acceptors (Lipinski definition) is 5. The van der Waals surface area contributed by atoms with E-state index in [0.29, 0.717) is 11.4 Å². The molecule has 0 fully saturated rings. The first kappa shape index (κ1) is 22.2. The number of nitrogens with zero attached hydrogens (tertiary/aromatic N) is 1. The average Bonchev–Trinajstić information content (AvgIpc) is 2.70. The van der Waals surface area contributed by atoms with Crippen LogP contribution >= 0.6 is 11.8 Å². The number of ether oxygens (including phenoxy) is 1. The monoisotopic (exact) mass is 419 g/mol. The van der Waals surface area contributed by atoms with Crippen molar-refractivity contribution in [2.75, 3.05) is 42.8 Å². The molecular weight excluding hydrogens is 397 g/mol. The molecule has 154 valence electrons. The van der Waals surface area contributed by atoms with Crippen LogP contribution in [0.4, 0.5) is 15.8 Å². The van der Waals surface area contributed by atoms with E-state index in [1.165, 1.54) is 30.1 Å². The van der Waals surface area contributed by atoms with Crippen LogP contribution in [0.2, 0.25) is 0 Å². The number of nitrogens with one attached hydrogen (secondary N) is 2. The highest BCUT2D eigenvalue weighted by Gasteiger charge is 2.14. The summed E-state index contributed by atoms with van der Waals surface area (Å²) in [5, 5.41) is 5.14. The van der Waals surface area contributed by atoms with Crippen LogP contribution in [0.3, 0.4) is 0 Å². The molecule has 0 heterocycles. The van der Waals surface area contributed by atoms with Gasteiger partial charge in [-0.3, -0.25) is 14.4 Å². The van der Waals surface area contributed by atoms with Gasteiger partial charge in [0.15, 0.2) is 0 Å². The number of carbonyl (C=O) groups is 3. The normalized spacial score (nSPS) is 10.2. The molecule has 2 aromatic carbocycles. The molecule has 29 heavy (non-hydrogen) atoms. The molecule has 0 unspecified atom stereocenters. The van der Waals surface area contributed by atoms with Crippen molar-refractivity contribution in [2.24, 2.45) is 0 Å². The van der Waals surface area contributed by atoms with E-state index in [0.717, 1.165) is 11.8 Å². The van der Waals surface area contributed by atoms with Crippen molar-refractivity contribution in [1.82, 2.24) is 4.90 Å². The highest BCUT2D eigenvalue weighted by Crippen LogP contribution is 2.15. The van der Waals surface area contributed by atoms with Gasteiger partial charge in [0, 0.05) is 12.7 Å². The van der Waals surface area contributed by atoms with Gasteiger partial charge < -0.3 is 20.3 Å². The van der Waals surface area contributed by atoms with Crippen LogP contribution in [-0.4, -0.2) is 54.8 Å². The highest BCUT2D eigenvalue weighted by molar-refractivity contribution is 8.00. The largest absolute Gasteiger partial charge is 0.497 e. The Balaban J connectivity index is 1.70. The molecule has 2 rings (SSSR count). The Kier molecular flexibility index (Phi) is 8.47. The van der Waals surface area contributed by atoms with Crippen LogP contribution in [0.1, 0.15) is 0 Å². The van der Waals surface area contributed by atoms with Crippen molar-refractivity contribution in [3.63, 3.8) is 0 Å². The Labute approximate surface area is 172 Å². The third-order valence-corrected chi connectivity index (χ3v) is 4.70. The Morgan fingerprint density at radius 2 is 1.69 bits per heavy atom. The van der Waals surface area contributed by atoms with E-state index in [-0.39, 0.29) is 35.6 Å². The van der Waals surface area contributed by atoms with Crippen LogP contribution in [0.5, 0.6) is 5.75 Å². The topological polar surface area (TPSA) is 87.7 Å². The van der Waals surface area contributed by atoms with Crippen LogP contribution in [0, 0.1) is 5.82 Å². The highest BCUT2D eigenvalue weighted by atomic mass is 32.2. The van der Waals surface area contributed by atoms with Crippen LogP contribution in [0.25, 0.3) is 0 Å². The number of benzene rings is 2. The number of carbonyl (C=O) groups excluding carboxylic acids is 3. The van der Waals surface area contributed by atoms with Crippen molar-refractivity contribution < 1.29 is 23.5 Å². The molecule has 0 aliphatic rings. The molecule has 0 saturated carbocycles. The van der Waals surface area contributed by atoms with E-state index in [9.17, 15) is 18.8 Å². The molecule has 0 aliphatic heterocycles. The number of likely N-dealkylation sites (N-methyl/N-ethyl adjacent to an activating group) is 1. The second-order valence-electron chi connectivity index (χ2n) is 6.05. The molecule has 2 aromatic rings. The number of rotatable bonds is 9. The molecule has 0 saturated heterocycles. The lowest BCUT2D eigenvalue weighted by Crippen LogP contribution is -2.36. The third kappa shape index (κ3) is 7.46. The van der Waals surface area contributed by atoms with Gasteiger partial charge in [0.1, 0.15) is 11.6 Å². The van der Waals surface area contributed by atoms with E-state index < -0.39 is 11.7 Å². The van der Waals surface area contributed by atoms with Crippen molar-refractivity contribution in [3.8, 4) is 5.75 Å². The van der Waals surface area contributed by atoms with Gasteiger partial charge in [0.2, 0.25) is 17.7 Å². The average molecular weight is 419 g/mol. The number of halogens is 1. The third-order valence-electron chi connectivity index (χ3n) is 3.79. The summed E-state index contributed by atoms with van der Waals surface area (Å²) >= 11 is 1.09. The summed E-state index contributed by atoms with van der Waals surface area (Å²) in [6.45, 7) is -0.118. The lowest BCUT2D eigenvalue weighted by Gasteiger charge is -2.16. The summed E-state index contributed by atoms with van der Waals surface area (Å²) in [5.74, 6) is -0.876. The number of hydrogen-bond donors (Lipinski definition) is 2. The molecular formula is C20H22FN3O4S. The SMILES string of the molecule is COc1ccc(NC(=O)CN(C)C(=O)CSCC(=O)Nc2ccccc2F)cc1. The quantitative estimate of drug-likeness (QED) is 0.652. The van der Waals surface area contributed by atoms with Crippen molar-refractivity contribution in [2.45, 2.75) is 0 Å². The first-order valence-corrected chi connectivity index (χ1v) is 9.84. The van der Waals surface area contributed by atoms with Crippen molar-refractivity contribution >= 4 is 40.9 Å². The Morgan fingerprint density at radius 1 is 1.00 bits per heavy atom. The number of para-hydroxylation sites is 1. The molecule has 0 radical (unpaired) electrons. The van der Waals surface area contributed by atoms with Gasteiger partial charge in [-0.15, -0.1) is 11.8 Å². The van der Waals surface area contributed by atoms with Gasteiger partial charge in [0.05, 0.1) is 30.8 Å². The Hall–Kier alpha value is -3.07. The van der Waals surface area contributed by atoms with Crippen molar-refractivity contribution in [1.29, 1.82) is 0 Å². The summed E-state index contributed by atoms with van der Waals surface area (Å²) in [7, 11) is 3.06. The maximum Gasteiger partial charge on any atom is 0.243 e. The minimum atomic E-state index is -0.524. The minimum absolute atomic E-state index is 0.00798. The molecule has 7 nitrogen and oxygen atoms in total. The maximum atomic E-state index is 13.5. The summed E-state index contributed by atoms with van der Waals surface area (Å²) in [6.07, 6.45) is 0. The molecule has 9 heteroatoms. The first-order valence-electron chi connectivity index (χ1n) is 8.69. The van der Waals surface area contributed by atoms with E-state index in [4.69, 9.17) is 4.74 Å². The second kappa shape index (κ2) is 11.1. The second-order valence-corrected chi connectivity index (χ2v) is 7.03. The van der Waals surface area contributed by atoms with Gasteiger partial charge >= 0.3 is 0 Å². The fraction of sp³-hybridized carbons (Fsp3) is 0.250. The molecule has 2 N–H and O–H groups in total. The van der Waals surface area contributed by atoms with E-state index in [1.54, 1.807) is 37.4 Å². The molecule has 3 amide bonds. The van der Waals surface area contributed by atoms with E-state index >= 15 is 0 Å². The number of anilines is 2. The molecule has 0 spiro atoms. The number of methoxy groups -OCH3 is 1. The lowest BCUT2D eigenvalue weighted by molar-refractivity contribution is -0.131. The summed E-state index contributed by atoms with van der Waals surface area (Å²) in [5.41, 5.74) is 0.688. The molecule has 0 atom stereocenters. The molecule has 0 aromatic heterocycles. The standard InChI is InChI=1S/C20H22FN3O4S/c1-24(11-18(25)22-14-7-9-15(28-2)10-8-14)20(27)13-29-12-19(26)23-17-6-4-3-5-16(17)21/h3-10H,11-13H2,1-2H3,(H,22,25)(H,23,26). The van der Waals surface area contributed by atoms with Crippen molar-refractivity contribution in [3.05, 3.63) is 54.3 Å². The van der Waals surface area contributed by atoms with Gasteiger partial charge in [-0.05, 0) is 36.4 Å². The number of thioether (sulfide) groups is 1. The minimum Gasteiger partial charge on any atom is -0.497 e. The van der Waals surface area contributed by atoms with Gasteiger partial charge in [-0.2, -0.15) is 0 Å². The van der Waals surface area contributed by atoms with Gasteiger partial charge in [-0.1, -0.05) is 12.1 Å². The zero-order valence-electron chi connectivity index (χ0n) is 16.1. The zero-order chi connectivity index (χ0) is 21.2.